The van der Waals surface area contributed by atoms with Crippen LogP contribution in [0, 0.1) is 17.8 Å². The largest absolute Gasteiger partial charge is 0.497 e. The topological polar surface area (TPSA) is 67.4 Å². The van der Waals surface area contributed by atoms with Crippen LogP contribution in [0.5, 0.6) is 5.75 Å². The molecule has 3 atom stereocenters. The van der Waals surface area contributed by atoms with Gasteiger partial charge >= 0.3 is 5.97 Å². The van der Waals surface area contributed by atoms with Crippen LogP contribution in [0.25, 0.3) is 16.6 Å². The van der Waals surface area contributed by atoms with Gasteiger partial charge in [-0.2, -0.15) is 0 Å². The Balaban J connectivity index is 1.24. The predicted octanol–water partition coefficient (Wildman–Crippen LogP) is 6.28. The zero-order chi connectivity index (χ0) is 26.7. The molecule has 3 unspecified atom stereocenters. The van der Waals surface area contributed by atoms with Gasteiger partial charge in [0, 0.05) is 25.3 Å². The van der Waals surface area contributed by atoms with Crippen LogP contribution >= 0.6 is 0 Å². The van der Waals surface area contributed by atoms with Crippen LogP contribution in [0.2, 0.25) is 0 Å². The fourth-order valence-electron chi connectivity index (χ4n) is 6.19. The summed E-state index contributed by atoms with van der Waals surface area (Å²) in [5, 5.41) is 0. The van der Waals surface area contributed by atoms with Gasteiger partial charge in [-0.1, -0.05) is 44.2 Å². The first-order chi connectivity index (χ1) is 18.4. The Kier molecular flexibility index (Phi) is 7.89. The number of para-hydroxylation sites is 2. The van der Waals surface area contributed by atoms with Gasteiger partial charge < -0.3 is 19.4 Å². The van der Waals surface area contributed by atoms with E-state index < -0.39 is 5.60 Å². The number of carbonyl (C=O) groups is 1. The monoisotopic (exact) mass is 515 g/mol. The second-order valence-corrected chi connectivity index (χ2v) is 11.4. The van der Waals surface area contributed by atoms with Crippen LogP contribution in [0.4, 0.5) is 0 Å². The Morgan fingerprint density at radius 2 is 1.92 bits per heavy atom. The SMILES string of the molecule is COc1ccc(C2=CC3CCC2CC3(CCN(C)CCCc2nc3ccccc3[nH]2)OC(=O)C(C)C)cc1. The van der Waals surface area contributed by atoms with Gasteiger partial charge in [-0.25, -0.2) is 4.98 Å². The molecule has 6 heteroatoms. The first-order valence-corrected chi connectivity index (χ1v) is 14.1. The van der Waals surface area contributed by atoms with Crippen molar-refractivity contribution in [3.05, 3.63) is 66.0 Å². The highest BCUT2D eigenvalue weighted by atomic mass is 16.6. The van der Waals surface area contributed by atoms with Crippen molar-refractivity contribution < 1.29 is 14.3 Å². The number of aromatic nitrogens is 2. The summed E-state index contributed by atoms with van der Waals surface area (Å²) in [4.78, 5) is 23.4. The van der Waals surface area contributed by atoms with E-state index in [1.165, 1.54) is 11.1 Å². The Hall–Kier alpha value is -3.12. The predicted molar refractivity (Wildman–Crippen MR) is 152 cm³/mol. The van der Waals surface area contributed by atoms with Gasteiger partial charge in [0.2, 0.25) is 0 Å². The summed E-state index contributed by atoms with van der Waals surface area (Å²) in [6.45, 7) is 5.74. The van der Waals surface area contributed by atoms with E-state index in [0.717, 1.165) is 74.2 Å². The minimum absolute atomic E-state index is 0.0792. The number of aromatic amines is 1. The number of ether oxygens (including phenoxy) is 2. The number of hydrogen-bond acceptors (Lipinski definition) is 5. The molecule has 0 amide bonds. The summed E-state index contributed by atoms with van der Waals surface area (Å²) in [5.74, 6) is 2.37. The first kappa shape index (κ1) is 26.5. The first-order valence-electron chi connectivity index (χ1n) is 14.1. The van der Waals surface area contributed by atoms with E-state index in [4.69, 9.17) is 14.5 Å². The van der Waals surface area contributed by atoms with Crippen molar-refractivity contribution in [1.29, 1.82) is 0 Å². The molecule has 0 spiro atoms. The van der Waals surface area contributed by atoms with Gasteiger partial charge in [0.15, 0.2) is 0 Å². The number of methoxy groups -OCH3 is 1. The highest BCUT2D eigenvalue weighted by molar-refractivity contribution is 5.75. The molecule has 1 N–H and O–H groups in total. The molecule has 1 fully saturated rings. The maximum atomic E-state index is 12.9. The molecular formula is C32H41N3O3. The zero-order valence-corrected chi connectivity index (χ0v) is 23.2. The van der Waals surface area contributed by atoms with Gasteiger partial charge in [-0.3, -0.25) is 4.79 Å². The fourth-order valence-corrected chi connectivity index (χ4v) is 6.19. The van der Waals surface area contributed by atoms with E-state index in [1.54, 1.807) is 7.11 Å². The van der Waals surface area contributed by atoms with E-state index in [9.17, 15) is 4.79 Å². The average molecular weight is 516 g/mol. The van der Waals surface area contributed by atoms with Gasteiger partial charge in [-0.05, 0) is 80.6 Å². The van der Waals surface area contributed by atoms with Crippen molar-refractivity contribution in [2.45, 2.75) is 58.0 Å². The molecule has 2 aromatic carbocycles. The number of fused-ring (bicyclic) bond motifs is 3. The summed E-state index contributed by atoms with van der Waals surface area (Å²) in [5.41, 5.74) is 4.36. The Labute approximate surface area is 226 Å². The Bertz CT molecular complexity index is 1250. The summed E-state index contributed by atoms with van der Waals surface area (Å²) in [7, 11) is 3.88. The summed E-state index contributed by atoms with van der Waals surface area (Å²) in [6, 6.07) is 16.6. The molecule has 2 bridgehead atoms. The number of allylic oxidation sites excluding steroid dienone is 1. The number of imidazole rings is 1. The molecule has 38 heavy (non-hydrogen) atoms. The highest BCUT2D eigenvalue weighted by Crippen LogP contribution is 2.53. The number of nitrogens with zero attached hydrogens (tertiary/aromatic N) is 2. The molecule has 1 aromatic heterocycles. The maximum Gasteiger partial charge on any atom is 0.308 e. The number of benzene rings is 2. The van der Waals surface area contributed by atoms with Crippen molar-refractivity contribution >= 4 is 22.6 Å². The highest BCUT2D eigenvalue weighted by Gasteiger charge is 2.50. The average Bonchev–Trinajstić information content (AvgIpc) is 3.35. The lowest BCUT2D eigenvalue weighted by Gasteiger charge is -2.50. The molecular weight excluding hydrogens is 474 g/mol. The lowest BCUT2D eigenvalue weighted by Crippen LogP contribution is -2.51. The molecule has 3 aliphatic carbocycles. The van der Waals surface area contributed by atoms with Crippen molar-refractivity contribution in [3.8, 4) is 5.75 Å². The number of rotatable bonds is 11. The molecule has 1 heterocycles. The summed E-state index contributed by atoms with van der Waals surface area (Å²) < 4.78 is 11.8. The van der Waals surface area contributed by atoms with Gasteiger partial charge in [0.25, 0.3) is 0 Å². The van der Waals surface area contributed by atoms with Gasteiger partial charge in [0.05, 0.1) is 24.1 Å². The molecule has 0 aliphatic heterocycles. The third-order valence-electron chi connectivity index (χ3n) is 8.42. The number of aryl methyl sites for hydroxylation is 1. The lowest BCUT2D eigenvalue weighted by atomic mass is 9.60. The van der Waals surface area contributed by atoms with E-state index in [0.29, 0.717) is 5.92 Å². The Morgan fingerprint density at radius 3 is 2.61 bits per heavy atom. The summed E-state index contributed by atoms with van der Waals surface area (Å²) in [6.07, 6.45) is 8.35. The maximum absolute atomic E-state index is 12.9. The lowest BCUT2D eigenvalue weighted by molar-refractivity contribution is -0.176. The Morgan fingerprint density at radius 1 is 1.13 bits per heavy atom. The van der Waals surface area contributed by atoms with Crippen LogP contribution in [-0.4, -0.2) is 53.7 Å². The van der Waals surface area contributed by atoms with Gasteiger partial charge in [0.1, 0.15) is 17.2 Å². The third kappa shape index (κ3) is 5.65. The van der Waals surface area contributed by atoms with E-state index in [-0.39, 0.29) is 17.8 Å². The van der Waals surface area contributed by atoms with Crippen molar-refractivity contribution in [1.82, 2.24) is 14.9 Å². The molecule has 0 saturated heterocycles. The quantitative estimate of drug-likeness (QED) is 0.305. The molecule has 6 rings (SSSR count). The minimum Gasteiger partial charge on any atom is -0.497 e. The smallest absolute Gasteiger partial charge is 0.308 e. The normalized spacial score (nSPS) is 22.7. The van der Waals surface area contributed by atoms with Crippen molar-refractivity contribution in [2.75, 3.05) is 27.2 Å². The minimum atomic E-state index is -0.423. The van der Waals surface area contributed by atoms with Crippen LogP contribution < -0.4 is 4.74 Å². The number of nitrogens with one attached hydrogen (secondary N) is 1. The molecule has 3 aliphatic rings. The standard InChI is InChI=1S/C32H41N3O3/c1-22(2)31(36)38-32(17-19-35(3)18-7-10-30-33-28-8-5-6-9-29(28)34-30)21-24-11-14-25(32)20-27(24)23-12-15-26(37-4)16-13-23/h5-6,8-9,12-13,15-16,20,22,24-25H,7,10-11,14,17-19,21H2,1-4H3,(H,33,34). The molecule has 202 valence electrons. The van der Waals surface area contributed by atoms with E-state index >= 15 is 0 Å². The number of hydrogen-bond donors (Lipinski definition) is 1. The molecule has 3 aromatic rings. The summed E-state index contributed by atoms with van der Waals surface area (Å²) >= 11 is 0. The van der Waals surface area contributed by atoms with E-state index in [2.05, 4.69) is 41.2 Å². The van der Waals surface area contributed by atoms with Crippen molar-refractivity contribution in [3.63, 3.8) is 0 Å². The van der Waals surface area contributed by atoms with Crippen molar-refractivity contribution in [2.24, 2.45) is 17.8 Å². The second kappa shape index (κ2) is 11.3. The second-order valence-electron chi connectivity index (χ2n) is 11.4. The number of H-pyrrole nitrogens is 1. The third-order valence-corrected chi connectivity index (χ3v) is 8.42. The number of carbonyl (C=O) groups excluding carboxylic acids is 1. The molecule has 6 nitrogen and oxygen atoms in total. The van der Waals surface area contributed by atoms with Crippen LogP contribution in [0.15, 0.2) is 54.6 Å². The van der Waals surface area contributed by atoms with Gasteiger partial charge in [-0.15, -0.1) is 0 Å². The van der Waals surface area contributed by atoms with Crippen LogP contribution in [0.3, 0.4) is 0 Å². The van der Waals surface area contributed by atoms with Crippen LogP contribution in [0.1, 0.15) is 57.3 Å². The zero-order valence-electron chi connectivity index (χ0n) is 23.2. The molecule has 1 saturated carbocycles. The number of esters is 1. The van der Waals surface area contributed by atoms with E-state index in [1.807, 2.05) is 44.2 Å². The molecule has 0 radical (unpaired) electrons. The van der Waals surface area contributed by atoms with Crippen LogP contribution in [-0.2, 0) is 16.0 Å². The fraction of sp³-hybridized carbons (Fsp3) is 0.500.